The predicted molar refractivity (Wildman–Crippen MR) is 84.1 cm³/mol. The number of ether oxygens (including phenoxy) is 1. The van der Waals surface area contributed by atoms with E-state index in [1.54, 1.807) is 6.07 Å². The SMILES string of the molecule is O=C(O[C@@H]1c2ccc(F)cc2C[C@H]1Br)c1ccc([N+](=O)[O-])cc1. The third kappa shape index (κ3) is 3.10. The van der Waals surface area contributed by atoms with Gasteiger partial charge in [0.1, 0.15) is 11.9 Å². The van der Waals surface area contributed by atoms with Gasteiger partial charge in [0.25, 0.3) is 5.69 Å². The molecule has 0 saturated carbocycles. The number of nitro benzene ring substituents is 1. The van der Waals surface area contributed by atoms with Gasteiger partial charge in [-0.3, -0.25) is 10.1 Å². The number of carbonyl (C=O) groups excluding carboxylic acids is 1. The van der Waals surface area contributed by atoms with Gasteiger partial charge in [-0.1, -0.05) is 22.0 Å². The molecule has 0 unspecified atom stereocenters. The van der Waals surface area contributed by atoms with E-state index in [1.165, 1.54) is 36.4 Å². The van der Waals surface area contributed by atoms with Gasteiger partial charge in [-0.05, 0) is 41.8 Å². The van der Waals surface area contributed by atoms with Crippen LogP contribution in [-0.2, 0) is 11.2 Å². The summed E-state index contributed by atoms with van der Waals surface area (Å²) in [5.41, 5.74) is 1.70. The Labute approximate surface area is 139 Å². The average molecular weight is 380 g/mol. The third-order valence-corrected chi connectivity index (χ3v) is 4.51. The molecule has 0 heterocycles. The lowest BCUT2D eigenvalue weighted by Gasteiger charge is -2.16. The van der Waals surface area contributed by atoms with Crippen molar-refractivity contribution in [1.29, 1.82) is 0 Å². The Bertz CT molecular complexity index is 778. The Hall–Kier alpha value is -2.28. The van der Waals surface area contributed by atoms with Crippen molar-refractivity contribution in [2.45, 2.75) is 17.4 Å². The Morgan fingerprint density at radius 3 is 2.61 bits per heavy atom. The molecule has 0 aliphatic heterocycles. The monoisotopic (exact) mass is 379 g/mol. The van der Waals surface area contributed by atoms with Crippen LogP contribution in [0.4, 0.5) is 10.1 Å². The second-order valence-corrected chi connectivity index (χ2v) is 6.37. The molecule has 0 fully saturated rings. The fraction of sp³-hybridized carbons (Fsp3) is 0.188. The first-order chi connectivity index (χ1) is 11.0. The second kappa shape index (κ2) is 6.08. The highest BCUT2D eigenvalue weighted by molar-refractivity contribution is 9.09. The lowest BCUT2D eigenvalue weighted by atomic mass is 10.1. The highest BCUT2D eigenvalue weighted by atomic mass is 79.9. The van der Waals surface area contributed by atoms with E-state index in [0.29, 0.717) is 6.42 Å². The van der Waals surface area contributed by atoms with Crippen LogP contribution in [0, 0.1) is 15.9 Å². The summed E-state index contributed by atoms with van der Waals surface area (Å²) in [5, 5.41) is 10.6. The molecule has 2 aromatic carbocycles. The quantitative estimate of drug-likeness (QED) is 0.350. The van der Waals surface area contributed by atoms with Gasteiger partial charge < -0.3 is 4.74 Å². The predicted octanol–water partition coefficient (Wildman–Crippen LogP) is 3.95. The molecule has 0 amide bonds. The molecule has 2 atom stereocenters. The molecule has 0 N–H and O–H groups in total. The number of nitrogens with zero attached hydrogens (tertiary/aromatic N) is 1. The minimum atomic E-state index is -0.577. The zero-order chi connectivity index (χ0) is 16.6. The van der Waals surface area contributed by atoms with Crippen LogP contribution < -0.4 is 0 Å². The zero-order valence-electron chi connectivity index (χ0n) is 11.7. The Morgan fingerprint density at radius 2 is 1.96 bits per heavy atom. The first-order valence-corrected chi connectivity index (χ1v) is 7.75. The number of benzene rings is 2. The number of fused-ring (bicyclic) bond motifs is 1. The molecule has 7 heteroatoms. The first-order valence-electron chi connectivity index (χ1n) is 6.83. The topological polar surface area (TPSA) is 69.4 Å². The minimum Gasteiger partial charge on any atom is -0.453 e. The highest BCUT2D eigenvalue weighted by Gasteiger charge is 2.34. The number of hydrogen-bond acceptors (Lipinski definition) is 4. The molecule has 118 valence electrons. The van der Waals surface area contributed by atoms with Crippen LogP contribution in [0.3, 0.4) is 0 Å². The molecule has 0 radical (unpaired) electrons. The lowest BCUT2D eigenvalue weighted by molar-refractivity contribution is -0.384. The number of halogens is 2. The van der Waals surface area contributed by atoms with Crippen LogP contribution in [0.25, 0.3) is 0 Å². The number of carbonyl (C=O) groups is 1. The van der Waals surface area contributed by atoms with Crippen molar-refractivity contribution >= 4 is 27.6 Å². The average Bonchev–Trinajstić information content (AvgIpc) is 2.82. The molecule has 3 rings (SSSR count). The molecule has 1 aliphatic carbocycles. The number of nitro groups is 1. The van der Waals surface area contributed by atoms with Gasteiger partial charge in [-0.2, -0.15) is 0 Å². The van der Waals surface area contributed by atoms with Gasteiger partial charge in [-0.15, -0.1) is 0 Å². The van der Waals surface area contributed by atoms with Crippen molar-refractivity contribution in [2.24, 2.45) is 0 Å². The number of non-ortho nitro benzene ring substituents is 1. The molecule has 0 spiro atoms. The molecule has 5 nitrogen and oxygen atoms in total. The summed E-state index contributed by atoms with van der Waals surface area (Å²) >= 11 is 3.45. The number of hydrogen-bond donors (Lipinski definition) is 0. The van der Waals surface area contributed by atoms with Crippen LogP contribution in [0.5, 0.6) is 0 Å². The maximum Gasteiger partial charge on any atom is 0.338 e. The second-order valence-electron chi connectivity index (χ2n) is 5.19. The van der Waals surface area contributed by atoms with Crippen molar-refractivity contribution in [3.63, 3.8) is 0 Å². The molecule has 23 heavy (non-hydrogen) atoms. The normalized spacial score (nSPS) is 19.2. The molecule has 1 aliphatic rings. The molecule has 2 aromatic rings. The van der Waals surface area contributed by atoms with E-state index >= 15 is 0 Å². The molecule has 0 aromatic heterocycles. The lowest BCUT2D eigenvalue weighted by Crippen LogP contribution is -2.16. The van der Waals surface area contributed by atoms with Gasteiger partial charge in [-0.25, -0.2) is 9.18 Å². The summed E-state index contributed by atoms with van der Waals surface area (Å²) < 4.78 is 18.8. The summed E-state index contributed by atoms with van der Waals surface area (Å²) in [6.45, 7) is 0. The van der Waals surface area contributed by atoms with Crippen molar-refractivity contribution in [1.82, 2.24) is 0 Å². The highest BCUT2D eigenvalue weighted by Crippen LogP contribution is 2.39. The van der Waals surface area contributed by atoms with Gasteiger partial charge in [0, 0.05) is 12.1 Å². The molecular weight excluding hydrogens is 369 g/mol. The minimum absolute atomic E-state index is 0.0957. The van der Waals surface area contributed by atoms with Crippen molar-refractivity contribution < 1.29 is 18.8 Å². The molecule has 0 saturated heterocycles. The van der Waals surface area contributed by atoms with Gasteiger partial charge in [0.05, 0.1) is 15.3 Å². The summed E-state index contributed by atoms with van der Waals surface area (Å²) in [7, 11) is 0. The van der Waals surface area contributed by atoms with Crippen LogP contribution in [-0.4, -0.2) is 15.7 Å². The third-order valence-electron chi connectivity index (χ3n) is 3.70. The summed E-state index contributed by atoms with van der Waals surface area (Å²) in [6.07, 6.45) is 0.0407. The maximum atomic E-state index is 13.3. The fourth-order valence-corrected chi connectivity index (χ4v) is 3.32. The number of alkyl halides is 1. The smallest absolute Gasteiger partial charge is 0.338 e. The van der Waals surface area contributed by atoms with E-state index in [2.05, 4.69) is 15.9 Å². The van der Waals surface area contributed by atoms with Crippen molar-refractivity contribution in [2.75, 3.05) is 0 Å². The van der Waals surface area contributed by atoms with Crippen LogP contribution >= 0.6 is 15.9 Å². The van der Waals surface area contributed by atoms with E-state index < -0.39 is 17.0 Å². The largest absolute Gasteiger partial charge is 0.453 e. The maximum absolute atomic E-state index is 13.3. The van der Waals surface area contributed by atoms with Crippen molar-refractivity contribution in [3.8, 4) is 0 Å². The van der Waals surface area contributed by atoms with E-state index in [4.69, 9.17) is 4.74 Å². The van der Waals surface area contributed by atoms with Crippen molar-refractivity contribution in [3.05, 3.63) is 75.1 Å². The summed E-state index contributed by atoms with van der Waals surface area (Å²) in [5.74, 6) is -0.905. The van der Waals surface area contributed by atoms with E-state index in [-0.39, 0.29) is 21.9 Å². The molecular formula is C16H11BrFNO4. The van der Waals surface area contributed by atoms with Crippen LogP contribution in [0.15, 0.2) is 42.5 Å². The molecule has 0 bridgehead atoms. The standard InChI is InChI=1S/C16H11BrFNO4/c17-14-8-10-7-11(18)3-6-13(10)15(14)23-16(20)9-1-4-12(5-2-9)19(21)22/h1-7,14-15H,8H2/t14-,15-/m1/s1. The number of esters is 1. The van der Waals surface area contributed by atoms with Crippen LogP contribution in [0.1, 0.15) is 27.6 Å². The van der Waals surface area contributed by atoms with Gasteiger partial charge in [0.2, 0.25) is 0 Å². The zero-order valence-corrected chi connectivity index (χ0v) is 13.3. The Kier molecular flexibility index (Phi) is 4.12. The summed E-state index contributed by atoms with van der Waals surface area (Å²) in [4.78, 5) is 22.2. The fourth-order valence-electron chi connectivity index (χ4n) is 2.58. The van der Waals surface area contributed by atoms with E-state index in [9.17, 15) is 19.3 Å². The summed E-state index contributed by atoms with van der Waals surface area (Å²) in [6, 6.07) is 9.58. The van der Waals surface area contributed by atoms with Gasteiger partial charge >= 0.3 is 5.97 Å². The van der Waals surface area contributed by atoms with Gasteiger partial charge in [0.15, 0.2) is 0 Å². The van der Waals surface area contributed by atoms with Crippen LogP contribution in [0.2, 0.25) is 0 Å². The first kappa shape index (κ1) is 15.6. The number of rotatable bonds is 3. The van der Waals surface area contributed by atoms with E-state index in [1.807, 2.05) is 0 Å². The Balaban J connectivity index is 1.79. The Morgan fingerprint density at radius 1 is 1.26 bits per heavy atom. The van der Waals surface area contributed by atoms with E-state index in [0.717, 1.165) is 11.1 Å².